The van der Waals surface area contributed by atoms with Crippen molar-refractivity contribution < 1.29 is 18.4 Å². The molecule has 0 fully saturated rings. The van der Waals surface area contributed by atoms with Crippen molar-refractivity contribution in [3.63, 3.8) is 0 Å². The van der Waals surface area contributed by atoms with Crippen LogP contribution < -0.4 is 10.5 Å². The molecule has 0 heterocycles. The van der Waals surface area contributed by atoms with Crippen LogP contribution in [-0.2, 0) is 9.84 Å². The Morgan fingerprint density at radius 1 is 1.47 bits per heavy atom. The number of ether oxygens (including phenoxy) is 1. The third-order valence-corrected chi connectivity index (χ3v) is 2.89. The second-order valence-corrected chi connectivity index (χ2v) is 5.72. The minimum absolute atomic E-state index is 0.0224. The predicted molar refractivity (Wildman–Crippen MR) is 64.2 cm³/mol. The van der Waals surface area contributed by atoms with Gasteiger partial charge in [-0.15, -0.1) is 0 Å². The summed E-state index contributed by atoms with van der Waals surface area (Å²) in [6.07, 6.45) is 1.13. The molecule has 94 valence electrons. The molecule has 1 aromatic carbocycles. The van der Waals surface area contributed by atoms with Crippen LogP contribution in [0.2, 0.25) is 0 Å². The Morgan fingerprint density at radius 3 is 2.71 bits per heavy atom. The van der Waals surface area contributed by atoms with Gasteiger partial charge < -0.3 is 15.7 Å². The molecule has 1 aromatic rings. The number of rotatable bonds is 5. The predicted octanol–water partition coefficient (Wildman–Crippen LogP) is 0.205. The van der Waals surface area contributed by atoms with Gasteiger partial charge in [-0.1, -0.05) is 17.3 Å². The van der Waals surface area contributed by atoms with Crippen molar-refractivity contribution in [2.75, 3.05) is 18.6 Å². The Balaban J connectivity index is 2.78. The van der Waals surface area contributed by atoms with E-state index in [-0.39, 0.29) is 18.2 Å². The monoisotopic (exact) mass is 258 g/mol. The molecule has 7 heteroatoms. The Hall–Kier alpha value is -1.76. The lowest BCUT2D eigenvalue weighted by Gasteiger charge is -2.09. The normalized spacial score (nSPS) is 12.4. The third-order valence-electron chi connectivity index (χ3n) is 1.98. The van der Waals surface area contributed by atoms with Crippen LogP contribution in [0, 0.1) is 0 Å². The van der Waals surface area contributed by atoms with Gasteiger partial charge in [0.25, 0.3) is 0 Å². The van der Waals surface area contributed by atoms with Gasteiger partial charge in [-0.3, -0.25) is 0 Å². The first-order valence-electron chi connectivity index (χ1n) is 4.81. The second-order valence-electron chi connectivity index (χ2n) is 3.46. The summed E-state index contributed by atoms with van der Waals surface area (Å²) in [6.45, 7) is 0.0224. The maximum atomic E-state index is 10.9. The van der Waals surface area contributed by atoms with Gasteiger partial charge in [0.15, 0.2) is 15.7 Å². The molecule has 0 saturated heterocycles. The number of benzene rings is 1. The van der Waals surface area contributed by atoms with Crippen LogP contribution in [0.4, 0.5) is 0 Å². The number of hydrogen-bond acceptors (Lipinski definition) is 5. The summed E-state index contributed by atoms with van der Waals surface area (Å²) < 4.78 is 27.1. The van der Waals surface area contributed by atoms with Crippen LogP contribution in [0.1, 0.15) is 5.56 Å². The summed E-state index contributed by atoms with van der Waals surface area (Å²) in [5.74, 6) is 0.212. The Morgan fingerprint density at radius 2 is 2.12 bits per heavy atom. The highest BCUT2D eigenvalue weighted by atomic mass is 32.2. The van der Waals surface area contributed by atoms with E-state index in [0.717, 1.165) is 6.26 Å². The molecule has 0 aromatic heterocycles. The summed E-state index contributed by atoms with van der Waals surface area (Å²) in [7, 11) is -3.07. The van der Waals surface area contributed by atoms with E-state index in [4.69, 9.17) is 15.7 Å². The standard InChI is InChI=1S/C10H14N2O4S/c1-17(14,15)7-6-16-9-5-3-2-4-8(9)10(11)12-13/h2-5,13H,6-7H2,1H3,(H2,11,12). The van der Waals surface area contributed by atoms with Crippen molar-refractivity contribution in [3.05, 3.63) is 29.8 Å². The van der Waals surface area contributed by atoms with Crippen LogP contribution in [0.3, 0.4) is 0 Å². The Kier molecular flexibility index (Phi) is 4.33. The topological polar surface area (TPSA) is 102 Å². The zero-order chi connectivity index (χ0) is 12.9. The zero-order valence-corrected chi connectivity index (χ0v) is 10.1. The smallest absolute Gasteiger partial charge is 0.173 e. The first kappa shape index (κ1) is 13.3. The van der Waals surface area contributed by atoms with Crippen LogP contribution in [0.25, 0.3) is 0 Å². The average molecular weight is 258 g/mol. The van der Waals surface area contributed by atoms with Crippen LogP contribution in [0.5, 0.6) is 5.75 Å². The molecular weight excluding hydrogens is 244 g/mol. The fourth-order valence-electron chi connectivity index (χ4n) is 1.16. The lowest BCUT2D eigenvalue weighted by atomic mass is 10.2. The van der Waals surface area contributed by atoms with Gasteiger partial charge >= 0.3 is 0 Å². The zero-order valence-electron chi connectivity index (χ0n) is 9.33. The summed E-state index contributed by atoms with van der Waals surface area (Å²) in [6, 6.07) is 6.65. The summed E-state index contributed by atoms with van der Waals surface area (Å²) >= 11 is 0. The van der Waals surface area contributed by atoms with Gasteiger partial charge in [0, 0.05) is 6.26 Å². The summed E-state index contributed by atoms with van der Waals surface area (Å²) in [5.41, 5.74) is 5.87. The largest absolute Gasteiger partial charge is 0.492 e. The van der Waals surface area contributed by atoms with Gasteiger partial charge in [0.2, 0.25) is 0 Å². The van der Waals surface area contributed by atoms with E-state index in [1.165, 1.54) is 0 Å². The highest BCUT2D eigenvalue weighted by Gasteiger charge is 2.08. The van der Waals surface area contributed by atoms with Crippen LogP contribution in [-0.4, -0.2) is 38.1 Å². The molecule has 3 N–H and O–H groups in total. The number of sulfone groups is 1. The van der Waals surface area contributed by atoms with Gasteiger partial charge in [-0.2, -0.15) is 0 Å². The van der Waals surface area contributed by atoms with Gasteiger partial charge in [-0.05, 0) is 12.1 Å². The first-order valence-corrected chi connectivity index (χ1v) is 6.87. The van der Waals surface area contributed by atoms with Crippen LogP contribution >= 0.6 is 0 Å². The molecule has 0 amide bonds. The maximum absolute atomic E-state index is 10.9. The molecule has 0 unspecified atom stereocenters. The lowest BCUT2D eigenvalue weighted by Crippen LogP contribution is -2.17. The fraction of sp³-hybridized carbons (Fsp3) is 0.300. The van der Waals surface area contributed by atoms with Crippen molar-refractivity contribution in [2.45, 2.75) is 0 Å². The van der Waals surface area contributed by atoms with E-state index in [0.29, 0.717) is 11.3 Å². The van der Waals surface area contributed by atoms with Gasteiger partial charge in [0.1, 0.15) is 12.4 Å². The fourth-order valence-corrected chi connectivity index (χ4v) is 1.55. The SMILES string of the molecule is CS(=O)(=O)CCOc1ccccc1/C(N)=N/O. The molecule has 0 bridgehead atoms. The Bertz CT molecular complexity index is 511. The van der Waals surface area contributed by atoms with Crippen molar-refractivity contribution >= 4 is 15.7 Å². The van der Waals surface area contributed by atoms with Crippen molar-refractivity contribution in [1.29, 1.82) is 0 Å². The van der Waals surface area contributed by atoms with E-state index in [2.05, 4.69) is 5.16 Å². The molecule has 0 spiro atoms. The second kappa shape index (κ2) is 5.53. The molecular formula is C10H14N2O4S. The molecule has 0 aliphatic heterocycles. The molecule has 0 saturated carbocycles. The molecule has 0 aliphatic carbocycles. The Labute approximate surface area is 99.6 Å². The van der Waals surface area contributed by atoms with E-state index in [1.807, 2.05) is 0 Å². The molecule has 1 rings (SSSR count). The first-order chi connectivity index (χ1) is 7.94. The highest BCUT2D eigenvalue weighted by molar-refractivity contribution is 7.90. The van der Waals surface area contributed by atoms with E-state index in [9.17, 15) is 8.42 Å². The number of oxime groups is 1. The molecule has 0 radical (unpaired) electrons. The lowest BCUT2D eigenvalue weighted by molar-refractivity contribution is 0.317. The summed E-state index contributed by atoms with van der Waals surface area (Å²) in [5, 5.41) is 11.5. The average Bonchev–Trinajstić information content (AvgIpc) is 2.27. The quantitative estimate of drug-likeness (QED) is 0.340. The minimum Gasteiger partial charge on any atom is -0.492 e. The number of para-hydroxylation sites is 1. The maximum Gasteiger partial charge on any atom is 0.173 e. The summed E-state index contributed by atoms with van der Waals surface area (Å²) in [4.78, 5) is 0. The highest BCUT2D eigenvalue weighted by Crippen LogP contribution is 2.17. The van der Waals surface area contributed by atoms with Crippen molar-refractivity contribution in [2.24, 2.45) is 10.9 Å². The molecule has 17 heavy (non-hydrogen) atoms. The van der Waals surface area contributed by atoms with Crippen molar-refractivity contribution in [1.82, 2.24) is 0 Å². The number of hydrogen-bond donors (Lipinski definition) is 2. The number of nitrogens with zero attached hydrogens (tertiary/aromatic N) is 1. The van der Waals surface area contributed by atoms with E-state index >= 15 is 0 Å². The van der Waals surface area contributed by atoms with Crippen LogP contribution in [0.15, 0.2) is 29.4 Å². The van der Waals surface area contributed by atoms with E-state index in [1.54, 1.807) is 24.3 Å². The third kappa shape index (κ3) is 4.31. The molecule has 6 nitrogen and oxygen atoms in total. The van der Waals surface area contributed by atoms with E-state index < -0.39 is 9.84 Å². The molecule has 0 atom stereocenters. The number of nitrogens with two attached hydrogens (primary N) is 1. The van der Waals surface area contributed by atoms with Crippen molar-refractivity contribution in [3.8, 4) is 5.75 Å². The van der Waals surface area contributed by atoms with Gasteiger partial charge in [-0.25, -0.2) is 8.42 Å². The van der Waals surface area contributed by atoms with Gasteiger partial charge in [0.05, 0.1) is 11.3 Å². The number of amidine groups is 1. The minimum atomic E-state index is -3.07. The molecule has 0 aliphatic rings.